The molecule has 4 nitrogen and oxygen atoms in total. The first-order valence-corrected chi connectivity index (χ1v) is 7.97. The SMILES string of the molecule is CN1CCC[C@H](C(=O)NCCSCc2ccco2)C1. The zero-order valence-electron chi connectivity index (χ0n) is 11.4. The number of furan rings is 1. The lowest BCUT2D eigenvalue weighted by molar-refractivity contribution is -0.126. The summed E-state index contributed by atoms with van der Waals surface area (Å²) in [6.45, 7) is 2.75. The van der Waals surface area contributed by atoms with Gasteiger partial charge in [-0.05, 0) is 38.6 Å². The third-order valence-corrected chi connectivity index (χ3v) is 4.35. The van der Waals surface area contributed by atoms with Crippen LogP contribution in [-0.4, -0.2) is 43.2 Å². The fourth-order valence-electron chi connectivity index (χ4n) is 2.34. The Labute approximate surface area is 118 Å². The number of carbonyl (C=O) groups is 1. The molecule has 1 aromatic rings. The van der Waals surface area contributed by atoms with E-state index >= 15 is 0 Å². The standard InChI is InChI=1S/C14H22N2O2S/c1-16-7-2-4-12(10-16)14(17)15-6-9-19-11-13-5-3-8-18-13/h3,5,8,12H,2,4,6-7,9-11H2,1H3,(H,15,17)/t12-/m0/s1. The Kier molecular flexibility index (Phi) is 5.79. The number of nitrogens with one attached hydrogen (secondary N) is 1. The fourth-order valence-corrected chi connectivity index (χ4v) is 3.09. The number of likely N-dealkylation sites (tertiary alicyclic amines) is 1. The highest BCUT2D eigenvalue weighted by molar-refractivity contribution is 7.98. The van der Waals surface area contributed by atoms with Gasteiger partial charge >= 0.3 is 0 Å². The molecule has 2 rings (SSSR count). The number of thioether (sulfide) groups is 1. The number of amides is 1. The molecule has 0 aliphatic carbocycles. The molecule has 0 saturated carbocycles. The van der Waals surface area contributed by atoms with E-state index in [0.29, 0.717) is 0 Å². The van der Waals surface area contributed by atoms with Gasteiger partial charge in [-0.2, -0.15) is 11.8 Å². The molecule has 1 N–H and O–H groups in total. The van der Waals surface area contributed by atoms with Crippen molar-refractivity contribution in [3.8, 4) is 0 Å². The van der Waals surface area contributed by atoms with Crippen molar-refractivity contribution < 1.29 is 9.21 Å². The summed E-state index contributed by atoms with van der Waals surface area (Å²) in [6.07, 6.45) is 3.84. The van der Waals surface area contributed by atoms with Crippen LogP contribution in [0.3, 0.4) is 0 Å². The molecule has 19 heavy (non-hydrogen) atoms. The van der Waals surface area contributed by atoms with Crippen molar-refractivity contribution in [2.24, 2.45) is 5.92 Å². The first-order chi connectivity index (χ1) is 9.25. The molecular formula is C14H22N2O2S. The van der Waals surface area contributed by atoms with E-state index in [-0.39, 0.29) is 11.8 Å². The number of nitrogens with zero attached hydrogens (tertiary/aromatic N) is 1. The van der Waals surface area contributed by atoms with Gasteiger partial charge in [-0.3, -0.25) is 4.79 Å². The minimum absolute atomic E-state index is 0.175. The van der Waals surface area contributed by atoms with Crippen molar-refractivity contribution in [3.05, 3.63) is 24.2 Å². The summed E-state index contributed by atoms with van der Waals surface area (Å²) in [4.78, 5) is 14.2. The van der Waals surface area contributed by atoms with E-state index in [1.807, 2.05) is 12.1 Å². The van der Waals surface area contributed by atoms with Crippen LogP contribution in [-0.2, 0) is 10.5 Å². The average Bonchev–Trinajstić information content (AvgIpc) is 2.91. The van der Waals surface area contributed by atoms with Gasteiger partial charge in [0.15, 0.2) is 0 Å². The van der Waals surface area contributed by atoms with E-state index in [1.165, 1.54) is 0 Å². The molecule has 1 atom stereocenters. The second kappa shape index (κ2) is 7.60. The second-order valence-corrected chi connectivity index (χ2v) is 6.13. The van der Waals surface area contributed by atoms with Crippen molar-refractivity contribution in [3.63, 3.8) is 0 Å². The minimum atomic E-state index is 0.175. The Morgan fingerprint density at radius 1 is 1.63 bits per heavy atom. The van der Waals surface area contributed by atoms with Crippen LogP contribution in [0.1, 0.15) is 18.6 Å². The first-order valence-electron chi connectivity index (χ1n) is 6.82. The Morgan fingerprint density at radius 2 is 2.53 bits per heavy atom. The van der Waals surface area contributed by atoms with Gasteiger partial charge in [0.2, 0.25) is 5.91 Å². The third-order valence-electron chi connectivity index (χ3n) is 3.37. The van der Waals surface area contributed by atoms with E-state index in [1.54, 1.807) is 18.0 Å². The van der Waals surface area contributed by atoms with Crippen LogP contribution >= 0.6 is 11.8 Å². The number of hydrogen-bond donors (Lipinski definition) is 1. The Balaban J connectivity index is 1.56. The topological polar surface area (TPSA) is 45.5 Å². The van der Waals surface area contributed by atoms with E-state index in [0.717, 1.165) is 49.7 Å². The zero-order valence-corrected chi connectivity index (χ0v) is 12.2. The molecule has 0 unspecified atom stereocenters. The van der Waals surface area contributed by atoms with Gasteiger partial charge < -0.3 is 14.6 Å². The molecule has 106 valence electrons. The van der Waals surface area contributed by atoms with Crippen LogP contribution in [0.5, 0.6) is 0 Å². The Bertz CT molecular complexity index is 381. The molecule has 0 aromatic carbocycles. The van der Waals surface area contributed by atoms with Crippen molar-refractivity contribution in [1.29, 1.82) is 0 Å². The molecule has 1 amide bonds. The maximum absolute atomic E-state index is 12.0. The van der Waals surface area contributed by atoms with E-state index < -0.39 is 0 Å². The average molecular weight is 282 g/mol. The molecule has 0 radical (unpaired) electrons. The van der Waals surface area contributed by atoms with Crippen LogP contribution < -0.4 is 5.32 Å². The van der Waals surface area contributed by atoms with Gasteiger partial charge in [-0.25, -0.2) is 0 Å². The van der Waals surface area contributed by atoms with Crippen LogP contribution in [0.15, 0.2) is 22.8 Å². The fraction of sp³-hybridized carbons (Fsp3) is 0.643. The maximum atomic E-state index is 12.0. The Morgan fingerprint density at radius 3 is 3.26 bits per heavy atom. The van der Waals surface area contributed by atoms with Crippen molar-refractivity contribution >= 4 is 17.7 Å². The van der Waals surface area contributed by atoms with E-state index in [9.17, 15) is 4.79 Å². The normalized spacial score (nSPS) is 20.4. The first kappa shape index (κ1) is 14.5. The van der Waals surface area contributed by atoms with Crippen molar-refractivity contribution in [1.82, 2.24) is 10.2 Å². The maximum Gasteiger partial charge on any atom is 0.224 e. The number of hydrogen-bond acceptors (Lipinski definition) is 4. The van der Waals surface area contributed by atoms with Gasteiger partial charge in [0.25, 0.3) is 0 Å². The highest BCUT2D eigenvalue weighted by atomic mass is 32.2. The summed E-state index contributed by atoms with van der Waals surface area (Å²) in [7, 11) is 2.08. The molecule has 1 aliphatic heterocycles. The molecule has 2 heterocycles. The second-order valence-electron chi connectivity index (χ2n) is 5.02. The van der Waals surface area contributed by atoms with E-state index in [2.05, 4.69) is 17.3 Å². The zero-order chi connectivity index (χ0) is 13.5. The minimum Gasteiger partial charge on any atom is -0.468 e. The van der Waals surface area contributed by atoms with Gasteiger partial charge in [0, 0.05) is 18.8 Å². The monoisotopic (exact) mass is 282 g/mol. The molecule has 1 aromatic heterocycles. The third kappa shape index (κ3) is 4.91. The summed E-state index contributed by atoms with van der Waals surface area (Å²) in [5.74, 6) is 3.17. The van der Waals surface area contributed by atoms with Crippen molar-refractivity contribution in [2.45, 2.75) is 18.6 Å². The number of piperidine rings is 1. The summed E-state index contributed by atoms with van der Waals surface area (Å²) in [5, 5.41) is 3.04. The summed E-state index contributed by atoms with van der Waals surface area (Å²) >= 11 is 1.78. The number of rotatable bonds is 6. The number of carbonyl (C=O) groups excluding carboxylic acids is 1. The lowest BCUT2D eigenvalue weighted by atomic mass is 9.98. The summed E-state index contributed by atoms with van der Waals surface area (Å²) in [5.41, 5.74) is 0. The highest BCUT2D eigenvalue weighted by Crippen LogP contribution is 2.15. The molecule has 1 saturated heterocycles. The van der Waals surface area contributed by atoms with Gasteiger partial charge in [-0.1, -0.05) is 0 Å². The summed E-state index contributed by atoms with van der Waals surface area (Å²) in [6, 6.07) is 3.88. The van der Waals surface area contributed by atoms with Gasteiger partial charge in [0.1, 0.15) is 5.76 Å². The summed E-state index contributed by atoms with van der Waals surface area (Å²) < 4.78 is 5.25. The predicted molar refractivity (Wildman–Crippen MR) is 78.1 cm³/mol. The van der Waals surface area contributed by atoms with Crippen LogP contribution in [0.25, 0.3) is 0 Å². The van der Waals surface area contributed by atoms with Crippen LogP contribution in [0.4, 0.5) is 0 Å². The van der Waals surface area contributed by atoms with Crippen LogP contribution in [0, 0.1) is 5.92 Å². The highest BCUT2D eigenvalue weighted by Gasteiger charge is 2.23. The van der Waals surface area contributed by atoms with Gasteiger partial charge in [-0.15, -0.1) is 0 Å². The molecule has 5 heteroatoms. The van der Waals surface area contributed by atoms with Crippen LogP contribution in [0.2, 0.25) is 0 Å². The molecular weight excluding hydrogens is 260 g/mol. The molecule has 0 bridgehead atoms. The lowest BCUT2D eigenvalue weighted by Crippen LogP contribution is -2.41. The van der Waals surface area contributed by atoms with Gasteiger partial charge in [0.05, 0.1) is 17.9 Å². The predicted octanol–water partition coefficient (Wildman–Crippen LogP) is 1.97. The quantitative estimate of drug-likeness (QED) is 0.810. The van der Waals surface area contributed by atoms with Crippen molar-refractivity contribution in [2.75, 3.05) is 32.4 Å². The largest absolute Gasteiger partial charge is 0.468 e. The Hall–Kier alpha value is -0.940. The molecule has 1 aliphatic rings. The molecule has 1 fully saturated rings. The smallest absolute Gasteiger partial charge is 0.224 e. The lowest BCUT2D eigenvalue weighted by Gasteiger charge is -2.28. The molecule has 0 spiro atoms. The van der Waals surface area contributed by atoms with E-state index in [4.69, 9.17) is 4.42 Å².